The summed E-state index contributed by atoms with van der Waals surface area (Å²) in [7, 11) is -1.25. The Hall–Kier alpha value is -1.86. The molecule has 0 bridgehead atoms. The first kappa shape index (κ1) is 15.2. The van der Waals surface area contributed by atoms with E-state index in [1.54, 1.807) is 0 Å². The summed E-state index contributed by atoms with van der Waals surface area (Å²) in [6, 6.07) is 4.01. The van der Waals surface area contributed by atoms with Crippen LogP contribution in [0.5, 0.6) is 0 Å². The lowest BCUT2D eigenvalue weighted by atomic mass is 10.2. The number of hydrogen-bond acceptors (Lipinski definition) is 5. The number of rotatable bonds is 5. The Kier molecular flexibility index (Phi) is 4.68. The number of carbonyl (C=O) groups is 1. The first-order valence-corrected chi connectivity index (χ1v) is 6.83. The molecule has 104 valence electrons. The highest BCUT2D eigenvalue weighted by Crippen LogP contribution is 2.23. The molecule has 1 aromatic rings. The zero-order valence-electron chi connectivity index (χ0n) is 10.8. The number of nitrogen functional groups attached to an aromatic ring is 1. The molecular formula is C12H16N2O4S. The van der Waals surface area contributed by atoms with E-state index >= 15 is 0 Å². The third-order valence-corrected chi connectivity index (χ3v) is 4.35. The van der Waals surface area contributed by atoms with E-state index in [2.05, 4.69) is 11.3 Å². The zero-order valence-corrected chi connectivity index (χ0v) is 11.6. The molecule has 0 saturated heterocycles. The molecule has 0 aliphatic carbocycles. The van der Waals surface area contributed by atoms with Gasteiger partial charge in [0.15, 0.2) is 0 Å². The van der Waals surface area contributed by atoms with Crippen molar-refractivity contribution < 1.29 is 17.9 Å². The van der Waals surface area contributed by atoms with E-state index in [9.17, 15) is 13.2 Å². The topological polar surface area (TPSA) is 89.7 Å². The fourth-order valence-corrected chi connectivity index (χ4v) is 2.83. The Morgan fingerprint density at radius 1 is 1.53 bits per heavy atom. The van der Waals surface area contributed by atoms with Gasteiger partial charge in [-0.25, -0.2) is 13.2 Å². The predicted octanol–water partition coefficient (Wildman–Crippen LogP) is 0.862. The summed E-state index contributed by atoms with van der Waals surface area (Å²) in [6.07, 6.45) is 1.45. The van der Waals surface area contributed by atoms with Gasteiger partial charge in [0.2, 0.25) is 10.0 Å². The first-order chi connectivity index (χ1) is 8.84. The molecule has 0 aromatic heterocycles. The lowest BCUT2D eigenvalue weighted by molar-refractivity contribution is 0.0596. The number of esters is 1. The van der Waals surface area contributed by atoms with E-state index in [1.807, 2.05) is 0 Å². The van der Waals surface area contributed by atoms with Gasteiger partial charge in [-0.2, -0.15) is 4.31 Å². The molecule has 0 unspecified atom stereocenters. The fraction of sp³-hybridized carbons (Fsp3) is 0.250. The van der Waals surface area contributed by atoms with Crippen LogP contribution in [0.4, 0.5) is 5.69 Å². The Bertz CT molecular complexity index is 596. The Labute approximate surface area is 112 Å². The molecule has 0 spiro atoms. The largest absolute Gasteiger partial charge is 0.465 e. The van der Waals surface area contributed by atoms with E-state index < -0.39 is 16.0 Å². The standard InChI is InChI=1S/C12H16N2O4S/c1-4-7-14(2)19(16,17)11-8-9(13)5-6-10(11)12(15)18-3/h4-6,8H,1,7,13H2,2-3H3. The summed E-state index contributed by atoms with van der Waals surface area (Å²) in [4.78, 5) is 11.4. The van der Waals surface area contributed by atoms with E-state index in [1.165, 1.54) is 38.4 Å². The predicted molar refractivity (Wildman–Crippen MR) is 72.2 cm³/mol. The van der Waals surface area contributed by atoms with Gasteiger partial charge < -0.3 is 10.5 Å². The van der Waals surface area contributed by atoms with Gasteiger partial charge in [-0.1, -0.05) is 6.08 Å². The smallest absolute Gasteiger partial charge is 0.339 e. The molecule has 0 radical (unpaired) electrons. The fourth-order valence-electron chi connectivity index (χ4n) is 1.48. The minimum absolute atomic E-state index is 0.0485. The maximum absolute atomic E-state index is 12.3. The molecule has 0 saturated carbocycles. The van der Waals surface area contributed by atoms with Gasteiger partial charge in [0.25, 0.3) is 0 Å². The SMILES string of the molecule is C=CCN(C)S(=O)(=O)c1cc(N)ccc1C(=O)OC. The Balaban J connectivity index is 3.43. The van der Waals surface area contributed by atoms with Crippen molar-refractivity contribution in [3.8, 4) is 0 Å². The van der Waals surface area contributed by atoms with Crippen LogP contribution >= 0.6 is 0 Å². The van der Waals surface area contributed by atoms with Gasteiger partial charge in [0.05, 0.1) is 17.6 Å². The monoisotopic (exact) mass is 284 g/mol. The zero-order chi connectivity index (χ0) is 14.6. The van der Waals surface area contributed by atoms with Crippen molar-refractivity contribution in [2.24, 2.45) is 0 Å². The lowest BCUT2D eigenvalue weighted by Gasteiger charge is -2.17. The average Bonchev–Trinajstić information content (AvgIpc) is 2.38. The first-order valence-electron chi connectivity index (χ1n) is 5.39. The molecule has 2 N–H and O–H groups in total. The van der Waals surface area contributed by atoms with Crippen molar-refractivity contribution in [1.29, 1.82) is 0 Å². The minimum Gasteiger partial charge on any atom is -0.465 e. The number of likely N-dealkylation sites (N-methyl/N-ethyl adjacent to an activating group) is 1. The normalized spacial score (nSPS) is 11.3. The number of nitrogens with two attached hydrogens (primary N) is 1. The molecule has 0 atom stereocenters. The second kappa shape index (κ2) is 5.85. The van der Waals surface area contributed by atoms with Crippen LogP contribution in [-0.2, 0) is 14.8 Å². The third kappa shape index (κ3) is 3.12. The molecular weight excluding hydrogens is 268 g/mol. The highest BCUT2D eigenvalue weighted by atomic mass is 32.2. The van der Waals surface area contributed by atoms with Crippen molar-refractivity contribution in [3.05, 3.63) is 36.4 Å². The summed E-state index contributed by atoms with van der Waals surface area (Å²) in [5.74, 6) is -0.731. The molecule has 1 aromatic carbocycles. The van der Waals surface area contributed by atoms with Crippen molar-refractivity contribution in [2.75, 3.05) is 26.4 Å². The summed E-state index contributed by atoms with van der Waals surface area (Å²) >= 11 is 0. The highest BCUT2D eigenvalue weighted by Gasteiger charge is 2.26. The second-order valence-electron chi connectivity index (χ2n) is 3.82. The van der Waals surface area contributed by atoms with Crippen molar-refractivity contribution in [1.82, 2.24) is 4.31 Å². The number of methoxy groups -OCH3 is 1. The minimum atomic E-state index is -3.83. The number of sulfonamides is 1. The average molecular weight is 284 g/mol. The third-order valence-electron chi connectivity index (χ3n) is 2.49. The van der Waals surface area contributed by atoms with Crippen LogP contribution in [0.2, 0.25) is 0 Å². The molecule has 7 heteroatoms. The maximum Gasteiger partial charge on any atom is 0.339 e. The number of carbonyl (C=O) groups excluding carboxylic acids is 1. The van der Waals surface area contributed by atoms with Gasteiger partial charge in [0.1, 0.15) is 0 Å². The van der Waals surface area contributed by atoms with Crippen LogP contribution < -0.4 is 5.73 Å². The summed E-state index contributed by atoms with van der Waals surface area (Å²) in [5, 5.41) is 0. The van der Waals surface area contributed by atoms with E-state index in [-0.39, 0.29) is 22.7 Å². The number of benzene rings is 1. The van der Waals surface area contributed by atoms with Crippen LogP contribution in [0.25, 0.3) is 0 Å². The highest BCUT2D eigenvalue weighted by molar-refractivity contribution is 7.89. The van der Waals surface area contributed by atoms with Gasteiger partial charge in [-0.15, -0.1) is 6.58 Å². The van der Waals surface area contributed by atoms with E-state index in [0.29, 0.717) is 0 Å². The summed E-state index contributed by atoms with van der Waals surface area (Å²) in [5.41, 5.74) is 5.78. The Morgan fingerprint density at radius 2 is 2.16 bits per heavy atom. The Morgan fingerprint density at radius 3 is 2.68 bits per heavy atom. The second-order valence-corrected chi connectivity index (χ2v) is 5.83. The molecule has 0 fully saturated rings. The van der Waals surface area contributed by atoms with Crippen molar-refractivity contribution in [2.45, 2.75) is 4.90 Å². The van der Waals surface area contributed by atoms with Crippen molar-refractivity contribution >= 4 is 21.7 Å². The summed E-state index contributed by atoms with van der Waals surface area (Å²) in [6.45, 7) is 3.60. The van der Waals surface area contributed by atoms with Crippen LogP contribution in [0, 0.1) is 0 Å². The lowest BCUT2D eigenvalue weighted by Crippen LogP contribution is -2.28. The molecule has 0 amide bonds. The van der Waals surface area contributed by atoms with E-state index in [0.717, 1.165) is 4.31 Å². The van der Waals surface area contributed by atoms with Crippen LogP contribution in [0.15, 0.2) is 35.7 Å². The van der Waals surface area contributed by atoms with Crippen LogP contribution in [-0.4, -0.2) is 39.4 Å². The molecule has 0 aliphatic rings. The van der Waals surface area contributed by atoms with Crippen molar-refractivity contribution in [3.63, 3.8) is 0 Å². The molecule has 0 aliphatic heterocycles. The van der Waals surface area contributed by atoms with Gasteiger partial charge in [-0.3, -0.25) is 0 Å². The number of ether oxygens (including phenoxy) is 1. The maximum atomic E-state index is 12.3. The number of nitrogens with zero attached hydrogens (tertiary/aromatic N) is 1. The van der Waals surface area contributed by atoms with Gasteiger partial charge in [0, 0.05) is 19.3 Å². The van der Waals surface area contributed by atoms with Gasteiger partial charge >= 0.3 is 5.97 Å². The summed E-state index contributed by atoms with van der Waals surface area (Å²) < 4.78 is 30.3. The number of anilines is 1. The quantitative estimate of drug-likeness (QED) is 0.492. The molecule has 1 rings (SSSR count). The van der Waals surface area contributed by atoms with Crippen LogP contribution in [0.1, 0.15) is 10.4 Å². The molecule has 19 heavy (non-hydrogen) atoms. The van der Waals surface area contributed by atoms with Crippen LogP contribution in [0.3, 0.4) is 0 Å². The molecule has 6 nitrogen and oxygen atoms in total. The van der Waals surface area contributed by atoms with Gasteiger partial charge in [-0.05, 0) is 18.2 Å². The molecule has 0 heterocycles. The van der Waals surface area contributed by atoms with E-state index in [4.69, 9.17) is 5.73 Å². The number of hydrogen-bond donors (Lipinski definition) is 1.